The lowest BCUT2D eigenvalue weighted by Crippen LogP contribution is -2.37. The first-order valence-electron chi connectivity index (χ1n) is 8.57. The molecule has 1 fully saturated rings. The number of hydrogen-bond donors (Lipinski definition) is 0. The summed E-state index contributed by atoms with van der Waals surface area (Å²) >= 11 is 4.62. The van der Waals surface area contributed by atoms with Crippen molar-refractivity contribution in [3.63, 3.8) is 0 Å². The van der Waals surface area contributed by atoms with Gasteiger partial charge < -0.3 is 9.64 Å². The van der Waals surface area contributed by atoms with Crippen LogP contribution in [0.15, 0.2) is 59.5 Å². The van der Waals surface area contributed by atoms with E-state index < -0.39 is 0 Å². The standard InChI is InChI=1S/C20H21NO3S3/c1-24-16-7-9-17(10-8-16)26-14-19-21(11-12-25-19)18(22)13-27-20(23)15-5-3-2-4-6-15/h2-10,19H,11-14H2,1H3. The molecule has 1 atom stereocenters. The van der Waals surface area contributed by atoms with Crippen LogP contribution in [-0.2, 0) is 4.79 Å². The summed E-state index contributed by atoms with van der Waals surface area (Å²) < 4.78 is 5.18. The first-order valence-corrected chi connectivity index (χ1v) is 11.6. The Morgan fingerprint density at radius 2 is 1.89 bits per heavy atom. The molecule has 1 heterocycles. The molecule has 3 rings (SSSR count). The number of rotatable bonds is 7. The summed E-state index contributed by atoms with van der Waals surface area (Å²) in [6.45, 7) is 0.747. The summed E-state index contributed by atoms with van der Waals surface area (Å²) in [4.78, 5) is 27.8. The normalized spacial score (nSPS) is 16.3. The molecular formula is C20H21NO3S3. The van der Waals surface area contributed by atoms with Crippen molar-refractivity contribution in [3.8, 4) is 5.75 Å². The molecule has 0 saturated carbocycles. The van der Waals surface area contributed by atoms with Crippen molar-refractivity contribution in [2.24, 2.45) is 0 Å². The van der Waals surface area contributed by atoms with Crippen LogP contribution in [0.3, 0.4) is 0 Å². The predicted molar refractivity (Wildman–Crippen MR) is 115 cm³/mol. The van der Waals surface area contributed by atoms with Crippen molar-refractivity contribution in [2.75, 3.05) is 30.9 Å². The van der Waals surface area contributed by atoms with Crippen molar-refractivity contribution in [1.82, 2.24) is 4.90 Å². The highest BCUT2D eigenvalue weighted by Gasteiger charge is 2.29. The van der Waals surface area contributed by atoms with Crippen LogP contribution in [0.4, 0.5) is 0 Å². The molecule has 1 saturated heterocycles. The lowest BCUT2D eigenvalue weighted by molar-refractivity contribution is -0.128. The minimum absolute atomic E-state index is 0.0367. The summed E-state index contributed by atoms with van der Waals surface area (Å²) in [7, 11) is 1.65. The van der Waals surface area contributed by atoms with Gasteiger partial charge in [-0.05, 0) is 24.3 Å². The fourth-order valence-corrected chi connectivity index (χ4v) is 5.78. The van der Waals surface area contributed by atoms with E-state index >= 15 is 0 Å². The Kier molecular flexibility index (Phi) is 7.55. The highest BCUT2D eigenvalue weighted by atomic mass is 32.2. The van der Waals surface area contributed by atoms with Crippen LogP contribution in [0.2, 0.25) is 0 Å². The number of benzene rings is 2. The number of nitrogens with zero attached hydrogens (tertiary/aromatic N) is 1. The maximum atomic E-state index is 12.6. The third-order valence-corrected chi connectivity index (χ3v) is 7.51. The van der Waals surface area contributed by atoms with Gasteiger partial charge in [0.2, 0.25) is 11.0 Å². The summed E-state index contributed by atoms with van der Waals surface area (Å²) in [5.74, 6) is 2.84. The SMILES string of the molecule is COc1ccc(SCC2SCCN2C(=O)CSC(=O)c2ccccc2)cc1. The first-order chi connectivity index (χ1) is 13.2. The van der Waals surface area contributed by atoms with Gasteiger partial charge in [0.05, 0.1) is 18.2 Å². The Hall–Kier alpha value is -1.57. The monoisotopic (exact) mass is 419 g/mol. The largest absolute Gasteiger partial charge is 0.497 e. The van der Waals surface area contributed by atoms with Crippen molar-refractivity contribution in [1.29, 1.82) is 0 Å². The molecule has 0 aliphatic carbocycles. The van der Waals surface area contributed by atoms with E-state index in [-0.39, 0.29) is 22.1 Å². The summed E-state index contributed by atoms with van der Waals surface area (Å²) in [5, 5.41) is 0.0944. The molecule has 27 heavy (non-hydrogen) atoms. The molecule has 2 aromatic carbocycles. The minimum Gasteiger partial charge on any atom is -0.497 e. The number of hydrogen-bond acceptors (Lipinski definition) is 6. The zero-order valence-corrected chi connectivity index (χ0v) is 17.4. The molecule has 1 aliphatic rings. The Morgan fingerprint density at radius 1 is 1.15 bits per heavy atom. The van der Waals surface area contributed by atoms with Crippen LogP contribution >= 0.6 is 35.3 Å². The molecule has 4 nitrogen and oxygen atoms in total. The molecule has 2 aromatic rings. The Labute approximate surface area is 172 Å². The number of carbonyl (C=O) groups is 2. The van der Waals surface area contributed by atoms with Crippen molar-refractivity contribution in [3.05, 3.63) is 60.2 Å². The number of amides is 1. The smallest absolute Gasteiger partial charge is 0.234 e. The summed E-state index contributed by atoms with van der Waals surface area (Å²) in [5.41, 5.74) is 0.637. The van der Waals surface area contributed by atoms with Gasteiger partial charge in [-0.2, -0.15) is 0 Å². The minimum atomic E-state index is -0.0556. The quantitative estimate of drug-likeness (QED) is 0.625. The average Bonchev–Trinajstić information content (AvgIpc) is 3.20. The zero-order valence-electron chi connectivity index (χ0n) is 15.0. The summed E-state index contributed by atoms with van der Waals surface area (Å²) in [6, 6.07) is 17.0. The number of ether oxygens (including phenoxy) is 1. The van der Waals surface area contributed by atoms with Crippen molar-refractivity contribution < 1.29 is 14.3 Å². The van der Waals surface area contributed by atoms with E-state index in [9.17, 15) is 9.59 Å². The van der Waals surface area contributed by atoms with Crippen LogP contribution in [0.5, 0.6) is 5.75 Å². The van der Waals surface area contributed by atoms with Crippen LogP contribution in [-0.4, -0.2) is 52.2 Å². The Balaban J connectivity index is 1.49. The number of methoxy groups -OCH3 is 1. The highest BCUT2D eigenvalue weighted by Crippen LogP contribution is 2.31. The van der Waals surface area contributed by atoms with E-state index in [0.29, 0.717) is 5.56 Å². The van der Waals surface area contributed by atoms with Crippen molar-refractivity contribution in [2.45, 2.75) is 10.3 Å². The third-order valence-electron chi connectivity index (χ3n) is 4.10. The lowest BCUT2D eigenvalue weighted by Gasteiger charge is -2.23. The zero-order chi connectivity index (χ0) is 19.1. The second-order valence-electron chi connectivity index (χ2n) is 5.84. The number of carbonyl (C=O) groups excluding carboxylic acids is 2. The molecule has 0 spiro atoms. The van der Waals surface area contributed by atoms with Gasteiger partial charge in [0.15, 0.2) is 0 Å². The van der Waals surface area contributed by atoms with Crippen LogP contribution in [0, 0.1) is 0 Å². The van der Waals surface area contributed by atoms with E-state index in [0.717, 1.165) is 40.5 Å². The van der Waals surface area contributed by atoms with Gasteiger partial charge in [-0.3, -0.25) is 9.59 Å². The van der Waals surface area contributed by atoms with Gasteiger partial charge in [0.25, 0.3) is 0 Å². The molecule has 0 aromatic heterocycles. The van der Waals surface area contributed by atoms with E-state index in [4.69, 9.17) is 4.74 Å². The van der Waals surface area contributed by atoms with Gasteiger partial charge in [-0.15, -0.1) is 23.5 Å². The van der Waals surface area contributed by atoms with Crippen LogP contribution in [0.1, 0.15) is 10.4 Å². The maximum Gasteiger partial charge on any atom is 0.234 e. The fourth-order valence-electron chi connectivity index (χ4n) is 2.65. The van der Waals surface area contributed by atoms with Crippen LogP contribution in [0.25, 0.3) is 0 Å². The van der Waals surface area contributed by atoms with E-state index in [2.05, 4.69) is 0 Å². The van der Waals surface area contributed by atoms with E-state index in [1.165, 1.54) is 0 Å². The second kappa shape index (κ2) is 10.1. The molecule has 1 aliphatic heterocycles. The highest BCUT2D eigenvalue weighted by molar-refractivity contribution is 8.14. The summed E-state index contributed by atoms with van der Waals surface area (Å²) in [6.07, 6.45) is 0. The molecule has 0 N–H and O–H groups in total. The first kappa shape index (κ1) is 20.2. The van der Waals surface area contributed by atoms with Gasteiger partial charge in [-0.25, -0.2) is 0 Å². The van der Waals surface area contributed by atoms with Crippen LogP contribution < -0.4 is 4.74 Å². The Morgan fingerprint density at radius 3 is 2.59 bits per heavy atom. The lowest BCUT2D eigenvalue weighted by atomic mass is 10.2. The van der Waals surface area contributed by atoms with Crippen molar-refractivity contribution >= 4 is 46.3 Å². The topological polar surface area (TPSA) is 46.6 Å². The molecule has 7 heteroatoms. The predicted octanol–water partition coefficient (Wildman–Crippen LogP) is 4.26. The van der Waals surface area contributed by atoms with Gasteiger partial charge in [-0.1, -0.05) is 42.1 Å². The maximum absolute atomic E-state index is 12.6. The van der Waals surface area contributed by atoms with Gasteiger partial charge in [0, 0.05) is 28.5 Å². The van der Waals surface area contributed by atoms with Gasteiger partial charge >= 0.3 is 0 Å². The molecule has 1 unspecified atom stereocenters. The van der Waals surface area contributed by atoms with E-state index in [1.54, 1.807) is 42.8 Å². The average molecular weight is 420 g/mol. The van der Waals surface area contributed by atoms with E-state index in [1.807, 2.05) is 47.4 Å². The van der Waals surface area contributed by atoms with Gasteiger partial charge in [0.1, 0.15) is 5.75 Å². The fraction of sp³-hybridized carbons (Fsp3) is 0.300. The number of thioether (sulfide) groups is 3. The molecule has 0 radical (unpaired) electrons. The molecule has 1 amide bonds. The molecule has 0 bridgehead atoms. The Bertz CT molecular complexity index is 768. The molecule has 142 valence electrons. The second-order valence-corrected chi connectivity index (χ2v) is 9.17. The molecular weight excluding hydrogens is 398 g/mol. The third kappa shape index (κ3) is 5.70.